The molecule has 1 aliphatic carbocycles. The van der Waals surface area contributed by atoms with E-state index in [2.05, 4.69) is 15.0 Å². The zero-order valence-corrected chi connectivity index (χ0v) is 21.2. The van der Waals surface area contributed by atoms with Crippen LogP contribution in [0.25, 0.3) is 17.3 Å². The smallest absolute Gasteiger partial charge is 0.371 e. The number of carbonyl (C=O) groups is 2. The summed E-state index contributed by atoms with van der Waals surface area (Å²) in [6.45, 7) is 0.448. The molecule has 200 valence electrons. The number of ether oxygens (including phenoxy) is 2. The molecular weight excluding hydrogens is 521 g/mol. The van der Waals surface area contributed by atoms with Crippen LogP contribution in [0.1, 0.15) is 48.0 Å². The number of rotatable bonds is 9. The fourth-order valence-corrected chi connectivity index (χ4v) is 4.90. The van der Waals surface area contributed by atoms with Gasteiger partial charge in [0.05, 0.1) is 19.4 Å². The van der Waals surface area contributed by atoms with Crippen LogP contribution in [0.4, 0.5) is 18.3 Å². The van der Waals surface area contributed by atoms with Crippen molar-refractivity contribution in [3.63, 3.8) is 0 Å². The molecule has 0 atom stereocenters. The Morgan fingerprint density at radius 1 is 1.16 bits per heavy atom. The SMILES string of the molecule is CO/C(=C/c1c(F)cc(C(=O)Nc2nc(-c3cccc(OCC4CCCCC4)c3F)cs2)cc1F)C(=O)O. The maximum atomic E-state index is 15.2. The maximum Gasteiger partial charge on any atom is 0.371 e. The number of carboxylic acid groups (broad SMARTS) is 1. The summed E-state index contributed by atoms with van der Waals surface area (Å²) in [5.74, 6) is -5.36. The van der Waals surface area contributed by atoms with Gasteiger partial charge in [0, 0.05) is 28.1 Å². The number of aliphatic carboxylic acids is 1. The van der Waals surface area contributed by atoms with E-state index in [0.717, 1.165) is 56.3 Å². The van der Waals surface area contributed by atoms with Crippen LogP contribution < -0.4 is 10.1 Å². The quantitative estimate of drug-likeness (QED) is 0.235. The molecule has 7 nitrogen and oxygen atoms in total. The van der Waals surface area contributed by atoms with E-state index in [4.69, 9.17) is 9.84 Å². The number of carboxylic acids is 1. The van der Waals surface area contributed by atoms with Crippen LogP contribution in [0.3, 0.4) is 0 Å². The van der Waals surface area contributed by atoms with E-state index in [0.29, 0.717) is 18.6 Å². The average molecular weight is 547 g/mol. The topological polar surface area (TPSA) is 97.8 Å². The van der Waals surface area contributed by atoms with Crippen molar-refractivity contribution in [1.29, 1.82) is 0 Å². The predicted molar refractivity (Wildman–Crippen MR) is 137 cm³/mol. The summed E-state index contributed by atoms with van der Waals surface area (Å²) >= 11 is 1.01. The number of thiazole rings is 1. The van der Waals surface area contributed by atoms with Gasteiger partial charge in [0.1, 0.15) is 11.6 Å². The molecule has 38 heavy (non-hydrogen) atoms. The summed E-state index contributed by atoms with van der Waals surface area (Å²) in [5, 5.41) is 13.1. The number of anilines is 1. The lowest BCUT2D eigenvalue weighted by Gasteiger charge is -2.22. The zero-order valence-electron chi connectivity index (χ0n) is 20.4. The van der Waals surface area contributed by atoms with Gasteiger partial charge in [-0.15, -0.1) is 11.3 Å². The van der Waals surface area contributed by atoms with E-state index in [1.807, 2.05) is 0 Å². The lowest BCUT2D eigenvalue weighted by atomic mass is 9.90. The second-order valence-corrected chi connectivity index (χ2v) is 9.65. The van der Waals surface area contributed by atoms with Crippen LogP contribution in [0, 0.1) is 23.4 Å². The summed E-state index contributed by atoms with van der Waals surface area (Å²) in [6.07, 6.45) is 6.36. The Bertz CT molecular complexity index is 1350. The molecule has 1 fully saturated rings. The monoisotopic (exact) mass is 546 g/mol. The van der Waals surface area contributed by atoms with Crippen LogP contribution in [0.15, 0.2) is 41.5 Å². The Labute approximate surface area is 220 Å². The van der Waals surface area contributed by atoms with Crippen molar-refractivity contribution in [2.45, 2.75) is 32.1 Å². The molecule has 1 heterocycles. The van der Waals surface area contributed by atoms with Gasteiger partial charge in [-0.1, -0.05) is 25.3 Å². The van der Waals surface area contributed by atoms with Crippen molar-refractivity contribution in [2.24, 2.45) is 5.92 Å². The Morgan fingerprint density at radius 2 is 1.87 bits per heavy atom. The molecule has 4 rings (SSSR count). The van der Waals surface area contributed by atoms with Crippen LogP contribution in [0.5, 0.6) is 5.75 Å². The molecule has 0 radical (unpaired) electrons. The zero-order chi connectivity index (χ0) is 27.2. The first kappa shape index (κ1) is 27.2. The molecule has 2 aromatic carbocycles. The largest absolute Gasteiger partial charge is 0.490 e. The molecule has 0 bridgehead atoms. The molecule has 0 spiro atoms. The Hall–Kier alpha value is -3.86. The van der Waals surface area contributed by atoms with Gasteiger partial charge >= 0.3 is 5.97 Å². The van der Waals surface area contributed by atoms with Crippen molar-refractivity contribution >= 4 is 34.4 Å². The molecule has 0 unspecified atom stereocenters. The number of benzene rings is 2. The van der Waals surface area contributed by atoms with Crippen molar-refractivity contribution in [3.8, 4) is 17.0 Å². The number of amides is 1. The summed E-state index contributed by atoms with van der Waals surface area (Å²) in [5.41, 5.74) is -0.557. The normalized spacial score (nSPS) is 14.3. The van der Waals surface area contributed by atoms with Gasteiger partial charge in [0.25, 0.3) is 5.91 Å². The number of halogens is 3. The number of methoxy groups -OCH3 is 1. The number of carbonyl (C=O) groups excluding carboxylic acids is 1. The van der Waals surface area contributed by atoms with Gasteiger partial charge in [-0.2, -0.15) is 0 Å². The minimum absolute atomic E-state index is 0.0928. The Morgan fingerprint density at radius 3 is 2.53 bits per heavy atom. The van der Waals surface area contributed by atoms with E-state index in [1.165, 1.54) is 6.42 Å². The van der Waals surface area contributed by atoms with E-state index in [1.54, 1.807) is 23.6 Å². The highest BCUT2D eigenvalue weighted by Gasteiger charge is 2.20. The van der Waals surface area contributed by atoms with Gasteiger partial charge in [-0.05, 0) is 43.0 Å². The first-order valence-electron chi connectivity index (χ1n) is 11.9. The van der Waals surface area contributed by atoms with Crippen molar-refractivity contribution in [1.82, 2.24) is 4.98 Å². The van der Waals surface area contributed by atoms with Gasteiger partial charge in [-0.3, -0.25) is 10.1 Å². The number of aromatic nitrogens is 1. The second kappa shape index (κ2) is 12.1. The minimum Gasteiger partial charge on any atom is -0.490 e. The van der Waals surface area contributed by atoms with Crippen LogP contribution in [0.2, 0.25) is 0 Å². The second-order valence-electron chi connectivity index (χ2n) is 8.80. The van der Waals surface area contributed by atoms with Crippen molar-refractivity contribution < 1.29 is 37.3 Å². The lowest BCUT2D eigenvalue weighted by Crippen LogP contribution is -2.15. The van der Waals surface area contributed by atoms with Crippen LogP contribution in [-0.2, 0) is 9.53 Å². The summed E-state index contributed by atoms with van der Waals surface area (Å²) in [6, 6.07) is 6.30. The molecule has 0 aliphatic heterocycles. The van der Waals surface area contributed by atoms with Crippen molar-refractivity contribution in [3.05, 3.63) is 70.0 Å². The molecule has 1 amide bonds. The van der Waals surface area contributed by atoms with Gasteiger partial charge in [-0.25, -0.2) is 22.9 Å². The van der Waals surface area contributed by atoms with E-state index in [-0.39, 0.29) is 27.7 Å². The molecule has 11 heteroatoms. The fraction of sp³-hybridized carbons (Fsp3) is 0.296. The number of hydrogen-bond donors (Lipinski definition) is 2. The molecule has 2 N–H and O–H groups in total. The van der Waals surface area contributed by atoms with Gasteiger partial charge in [0.15, 0.2) is 16.7 Å². The lowest BCUT2D eigenvalue weighted by molar-refractivity contribution is -0.135. The molecule has 1 aliphatic rings. The average Bonchev–Trinajstić information content (AvgIpc) is 3.36. The van der Waals surface area contributed by atoms with Crippen LogP contribution in [-0.4, -0.2) is 35.7 Å². The minimum atomic E-state index is -1.51. The molecular formula is C27H25F3N2O5S. The first-order valence-corrected chi connectivity index (χ1v) is 12.8. The third-order valence-corrected chi connectivity index (χ3v) is 6.97. The molecule has 0 saturated heterocycles. The number of nitrogens with one attached hydrogen (secondary N) is 1. The maximum absolute atomic E-state index is 15.2. The van der Waals surface area contributed by atoms with E-state index >= 15 is 4.39 Å². The fourth-order valence-electron chi connectivity index (χ4n) is 4.20. The third-order valence-electron chi connectivity index (χ3n) is 6.21. The highest BCUT2D eigenvalue weighted by atomic mass is 32.1. The molecule has 3 aromatic rings. The molecule has 1 aromatic heterocycles. The number of hydrogen-bond acceptors (Lipinski definition) is 6. The summed E-state index contributed by atoms with van der Waals surface area (Å²) in [4.78, 5) is 27.9. The standard InChI is InChI=1S/C27H25F3N2O5S/c1-36-23(26(34)35)12-18-19(28)10-16(11-20(18)29)25(33)32-27-31-21(14-38-27)17-8-5-9-22(24(17)30)37-13-15-6-3-2-4-7-15/h5,8-12,14-15H,2-4,6-7,13H2,1H3,(H,34,35)(H,31,32,33)/b23-12+. The Kier molecular flexibility index (Phi) is 8.67. The highest BCUT2D eigenvalue weighted by Crippen LogP contribution is 2.33. The number of nitrogens with zero attached hydrogens (tertiary/aromatic N) is 1. The van der Waals surface area contributed by atoms with Crippen molar-refractivity contribution in [2.75, 3.05) is 19.0 Å². The highest BCUT2D eigenvalue weighted by molar-refractivity contribution is 7.14. The van der Waals surface area contributed by atoms with E-state index in [9.17, 15) is 18.4 Å². The van der Waals surface area contributed by atoms with Crippen LogP contribution >= 0.6 is 11.3 Å². The first-order chi connectivity index (χ1) is 18.3. The molecule has 1 saturated carbocycles. The summed E-state index contributed by atoms with van der Waals surface area (Å²) < 4.78 is 54.5. The third kappa shape index (κ3) is 6.34. The van der Waals surface area contributed by atoms with E-state index < -0.39 is 40.7 Å². The van der Waals surface area contributed by atoms with Gasteiger partial charge in [0.2, 0.25) is 5.76 Å². The van der Waals surface area contributed by atoms with Gasteiger partial charge < -0.3 is 14.6 Å². The summed E-state index contributed by atoms with van der Waals surface area (Å²) in [7, 11) is 1.05. The Balaban J connectivity index is 1.47. The predicted octanol–water partition coefficient (Wildman–Crippen LogP) is 6.51.